The zero-order valence-electron chi connectivity index (χ0n) is 3.25. The Balaban J connectivity index is 0. The summed E-state index contributed by atoms with van der Waals surface area (Å²) in [5, 5.41) is 3.65. The van der Waals surface area contributed by atoms with Gasteiger partial charge in [0, 0.05) is 0 Å². The van der Waals surface area contributed by atoms with Gasteiger partial charge in [0.05, 0.1) is 0 Å². The number of hydrogen-bond acceptors (Lipinski definition) is 0. The summed E-state index contributed by atoms with van der Waals surface area (Å²) in [6, 6.07) is 0. The van der Waals surface area contributed by atoms with Gasteiger partial charge in [-0.15, -0.1) is 0 Å². The van der Waals surface area contributed by atoms with Crippen molar-refractivity contribution in [2.24, 2.45) is 0 Å². The van der Waals surface area contributed by atoms with Gasteiger partial charge in [-0.1, -0.05) is 0 Å². The topological polar surface area (TPSA) is 14.1 Å². The van der Waals surface area contributed by atoms with Gasteiger partial charge in [-0.3, -0.25) is 0 Å². The number of nitrogens with zero attached hydrogens (tertiary/aromatic N) is 1. The first-order valence-electron chi connectivity index (χ1n) is 1.11. The van der Waals surface area contributed by atoms with Gasteiger partial charge in [0.15, 0.2) is 0 Å². The zero-order chi connectivity index (χ0) is 5.41. The van der Waals surface area contributed by atoms with E-state index in [4.69, 9.17) is 0 Å². The molecule has 36 valence electrons. The van der Waals surface area contributed by atoms with E-state index in [1.165, 1.54) is 19.4 Å². The van der Waals surface area contributed by atoms with Crippen LogP contribution < -0.4 is 0 Å². The third kappa shape index (κ3) is 16.9. The molecule has 0 fully saturated rings. The SMILES string of the molecule is C[N-][CH]=[W].[W]=[W]. The van der Waals surface area contributed by atoms with Crippen molar-refractivity contribution in [1.29, 1.82) is 0 Å². The van der Waals surface area contributed by atoms with Gasteiger partial charge in [0.25, 0.3) is 0 Å². The summed E-state index contributed by atoms with van der Waals surface area (Å²) in [5.41, 5.74) is 0. The second-order valence-corrected chi connectivity index (χ2v) is 1.12. The van der Waals surface area contributed by atoms with Crippen molar-refractivity contribution in [3.05, 3.63) is 5.32 Å². The molecule has 0 spiro atoms. The molecule has 0 heterocycles. The molecule has 0 aliphatic rings. The number of rotatable bonds is 1. The summed E-state index contributed by atoms with van der Waals surface area (Å²) < 4.78 is 1.83. The molecule has 1 nitrogen and oxygen atoms in total. The Kier molecular flexibility index (Phi) is 28.4. The maximum atomic E-state index is 3.65. The molecule has 0 aromatic heterocycles. The van der Waals surface area contributed by atoms with E-state index in [1.807, 2.05) is 4.52 Å². The van der Waals surface area contributed by atoms with Crippen LogP contribution in [0.4, 0.5) is 0 Å². The van der Waals surface area contributed by atoms with E-state index in [-0.39, 0.29) is 0 Å². The van der Waals surface area contributed by atoms with Gasteiger partial charge in [-0.05, 0) is 0 Å². The van der Waals surface area contributed by atoms with E-state index < -0.39 is 0 Å². The number of hydrogen-bond donors (Lipinski definition) is 0. The van der Waals surface area contributed by atoms with Crippen LogP contribution in [-0.4, -0.2) is 11.6 Å². The van der Waals surface area contributed by atoms with Crippen LogP contribution in [0.3, 0.4) is 0 Å². The molecule has 0 bridgehead atoms. The minimum atomic E-state index is 1.41. The molecule has 0 radical (unpaired) electrons. The molecule has 0 saturated heterocycles. The Morgan fingerprint density at radius 1 is 1.50 bits per heavy atom. The van der Waals surface area contributed by atoms with Crippen molar-refractivity contribution < 1.29 is 51.8 Å². The maximum absolute atomic E-state index is 3.65. The van der Waals surface area contributed by atoms with Gasteiger partial charge < -0.3 is 0 Å². The molecular formula is C2H4NW3-. The molecule has 0 aromatic rings. The van der Waals surface area contributed by atoms with E-state index >= 15 is 0 Å². The van der Waals surface area contributed by atoms with Crippen LogP contribution in [0.5, 0.6) is 0 Å². The Morgan fingerprint density at radius 2 is 1.67 bits per heavy atom. The standard InChI is InChI=1S/C2H4N.3W/c1-3-2;;;/h1H,2H3;;;/q-1;;;. The van der Waals surface area contributed by atoms with Crippen molar-refractivity contribution in [2.75, 3.05) is 7.05 Å². The first kappa shape index (κ1) is 10.8. The fourth-order valence-electron chi connectivity index (χ4n) is 0. The molecule has 0 aromatic carbocycles. The molecule has 0 N–H and O–H groups in total. The van der Waals surface area contributed by atoms with Gasteiger partial charge in [-0.25, -0.2) is 0 Å². The molecule has 4 heteroatoms. The average molecular weight is 594 g/mol. The van der Waals surface area contributed by atoms with E-state index in [2.05, 4.69) is 5.32 Å². The molecule has 0 aliphatic carbocycles. The van der Waals surface area contributed by atoms with Gasteiger partial charge >= 0.3 is 68.7 Å². The van der Waals surface area contributed by atoms with E-state index in [9.17, 15) is 0 Å². The quantitative estimate of drug-likeness (QED) is 0.416. The molecular weight excluding hydrogens is 590 g/mol. The van der Waals surface area contributed by atoms with Crippen LogP contribution in [0, 0.1) is 0 Å². The van der Waals surface area contributed by atoms with Crippen LogP contribution in [0.15, 0.2) is 0 Å². The Hall–Kier alpha value is 1.89. The van der Waals surface area contributed by atoms with E-state index in [0.717, 1.165) is 0 Å². The first-order chi connectivity index (χ1) is 2.91. The van der Waals surface area contributed by atoms with Crippen molar-refractivity contribution in [2.45, 2.75) is 0 Å². The first-order valence-corrected chi connectivity index (χ1v) is 13.8. The van der Waals surface area contributed by atoms with Crippen molar-refractivity contribution in [3.8, 4) is 0 Å². The molecule has 0 rings (SSSR count). The van der Waals surface area contributed by atoms with Gasteiger partial charge in [0.2, 0.25) is 0 Å². The molecule has 0 aliphatic heterocycles. The molecule has 0 amide bonds. The average Bonchev–Trinajstić information content (AvgIpc) is 1.72. The van der Waals surface area contributed by atoms with Crippen LogP contribution in [0.25, 0.3) is 5.32 Å². The fourth-order valence-corrected chi connectivity index (χ4v) is 0. The summed E-state index contributed by atoms with van der Waals surface area (Å²) in [5.74, 6) is 0. The van der Waals surface area contributed by atoms with Crippen molar-refractivity contribution in [1.82, 2.24) is 0 Å². The third-order valence-corrected chi connectivity index (χ3v) is 0.863. The summed E-state index contributed by atoms with van der Waals surface area (Å²) in [6.45, 7) is 0. The predicted molar refractivity (Wildman–Crippen MR) is 15.3 cm³/mol. The molecule has 6 heavy (non-hydrogen) atoms. The van der Waals surface area contributed by atoms with Crippen molar-refractivity contribution >= 4 is 4.52 Å². The van der Waals surface area contributed by atoms with Crippen LogP contribution in [0.2, 0.25) is 0 Å². The van der Waals surface area contributed by atoms with E-state index in [0.29, 0.717) is 0 Å². The van der Waals surface area contributed by atoms with Gasteiger partial charge in [0.1, 0.15) is 0 Å². The summed E-state index contributed by atoms with van der Waals surface area (Å²) in [4.78, 5) is 0. The van der Waals surface area contributed by atoms with Crippen molar-refractivity contribution in [3.63, 3.8) is 0 Å². The Labute approximate surface area is 67.9 Å². The second kappa shape index (κ2) is 15.8. The molecule has 0 unspecified atom stereocenters. The summed E-state index contributed by atoms with van der Waals surface area (Å²) in [6.07, 6.45) is 0. The Morgan fingerprint density at radius 3 is 1.67 bits per heavy atom. The summed E-state index contributed by atoms with van der Waals surface area (Å²) in [7, 11) is 1.77. The third-order valence-electron chi connectivity index (χ3n) is 0.105. The Bertz CT molecular complexity index is 30.0. The second-order valence-electron chi connectivity index (χ2n) is 0.364. The molecule has 0 atom stereocenters. The predicted octanol–water partition coefficient (Wildman–Crippen LogP) is 0.291. The minimum absolute atomic E-state index is 1.41. The van der Waals surface area contributed by atoms with E-state index in [1.54, 1.807) is 39.5 Å². The van der Waals surface area contributed by atoms with Gasteiger partial charge in [-0.2, -0.15) is 0 Å². The van der Waals surface area contributed by atoms with Crippen LogP contribution >= 0.6 is 0 Å². The zero-order valence-corrected chi connectivity index (χ0v) is 12.0. The monoisotopic (exact) mass is 594 g/mol. The normalized spacial score (nSPS) is 4.83. The fraction of sp³-hybridized carbons (Fsp3) is 0.500. The van der Waals surface area contributed by atoms with Crippen LogP contribution in [-0.2, 0) is 51.8 Å². The van der Waals surface area contributed by atoms with Crippen LogP contribution in [0.1, 0.15) is 0 Å². The molecule has 0 saturated carbocycles. The summed E-state index contributed by atoms with van der Waals surface area (Å²) >= 11 is 4.75.